The number of amidine groups is 1. The summed E-state index contributed by atoms with van der Waals surface area (Å²) in [5, 5.41) is 10.9. The van der Waals surface area contributed by atoms with Gasteiger partial charge in [0.05, 0.1) is 5.25 Å². The monoisotopic (exact) mass is 274 g/mol. The van der Waals surface area contributed by atoms with Gasteiger partial charge in [-0.1, -0.05) is 35.0 Å². The van der Waals surface area contributed by atoms with Gasteiger partial charge in [0.1, 0.15) is 0 Å². The predicted molar refractivity (Wildman–Crippen MR) is 67.4 cm³/mol. The van der Waals surface area contributed by atoms with Crippen molar-refractivity contribution in [3.05, 3.63) is 33.8 Å². The van der Waals surface area contributed by atoms with E-state index in [1.807, 2.05) is 0 Å². The van der Waals surface area contributed by atoms with Crippen LogP contribution in [0.5, 0.6) is 0 Å². The third kappa shape index (κ3) is 2.51. The van der Waals surface area contributed by atoms with E-state index in [2.05, 4.69) is 5.32 Å². The highest BCUT2D eigenvalue weighted by Gasteiger charge is 2.29. The molecule has 1 unspecified atom stereocenters. The van der Waals surface area contributed by atoms with Crippen LogP contribution < -0.4 is 5.32 Å². The van der Waals surface area contributed by atoms with E-state index in [4.69, 9.17) is 28.6 Å². The molecule has 2 N–H and O–H groups in total. The summed E-state index contributed by atoms with van der Waals surface area (Å²) in [6.07, 6.45) is 0.484. The Kier molecular flexibility index (Phi) is 3.42. The molecule has 3 nitrogen and oxygen atoms in total. The molecule has 84 valence electrons. The Hall–Kier alpha value is -0.710. The maximum absolute atomic E-state index is 11.4. The van der Waals surface area contributed by atoms with Crippen molar-refractivity contribution in [1.29, 1.82) is 5.41 Å². The van der Waals surface area contributed by atoms with Crippen molar-refractivity contribution in [2.75, 3.05) is 0 Å². The van der Waals surface area contributed by atoms with Crippen LogP contribution in [-0.2, 0) is 11.2 Å². The Balaban J connectivity index is 2.18. The van der Waals surface area contributed by atoms with E-state index < -0.39 is 0 Å². The fourth-order valence-electron chi connectivity index (χ4n) is 1.45. The van der Waals surface area contributed by atoms with E-state index in [-0.39, 0.29) is 16.3 Å². The molecule has 1 aromatic carbocycles. The molecule has 1 heterocycles. The lowest BCUT2D eigenvalue weighted by Crippen LogP contribution is -2.25. The standard InChI is InChI=1S/C10H8Cl2N2OS/c11-6-1-2-7(12)5(3-6)4-8-9(15)14-10(13)16-8/h1-3,8H,4H2,(H2,13,14,15). The van der Waals surface area contributed by atoms with Crippen molar-refractivity contribution in [3.8, 4) is 0 Å². The van der Waals surface area contributed by atoms with Gasteiger partial charge in [-0.05, 0) is 30.2 Å². The van der Waals surface area contributed by atoms with Crippen molar-refractivity contribution in [2.24, 2.45) is 0 Å². The maximum atomic E-state index is 11.4. The van der Waals surface area contributed by atoms with Crippen molar-refractivity contribution < 1.29 is 4.79 Å². The normalized spacial score (nSPS) is 20.0. The molecule has 1 aliphatic heterocycles. The molecule has 0 saturated carbocycles. The van der Waals surface area contributed by atoms with E-state index >= 15 is 0 Å². The number of carbonyl (C=O) groups is 1. The molecule has 1 aliphatic rings. The quantitative estimate of drug-likeness (QED) is 0.871. The van der Waals surface area contributed by atoms with Crippen LogP contribution in [0.4, 0.5) is 0 Å². The minimum absolute atomic E-state index is 0.147. The molecule has 1 saturated heterocycles. The SMILES string of the molecule is N=C1NC(=O)C(Cc2cc(Cl)ccc2Cl)S1. The summed E-state index contributed by atoms with van der Waals surface area (Å²) < 4.78 is 0. The van der Waals surface area contributed by atoms with Gasteiger partial charge < -0.3 is 5.32 Å². The first-order valence-corrected chi connectivity index (χ1v) is 6.20. The van der Waals surface area contributed by atoms with Crippen molar-refractivity contribution in [3.63, 3.8) is 0 Å². The largest absolute Gasteiger partial charge is 0.305 e. The maximum Gasteiger partial charge on any atom is 0.239 e. The number of carbonyl (C=O) groups excluding carboxylic acids is 1. The lowest BCUT2D eigenvalue weighted by Gasteiger charge is -2.07. The van der Waals surface area contributed by atoms with Gasteiger partial charge in [-0.3, -0.25) is 10.2 Å². The van der Waals surface area contributed by atoms with Crippen LogP contribution in [-0.4, -0.2) is 16.3 Å². The van der Waals surface area contributed by atoms with Crippen molar-refractivity contribution >= 4 is 46.0 Å². The molecule has 0 aromatic heterocycles. The fourth-order valence-corrected chi connectivity index (χ4v) is 2.71. The first-order chi connectivity index (χ1) is 7.56. The Labute approximate surface area is 107 Å². The van der Waals surface area contributed by atoms with E-state index in [1.54, 1.807) is 18.2 Å². The van der Waals surface area contributed by atoms with Gasteiger partial charge in [0.15, 0.2) is 5.17 Å². The second-order valence-electron chi connectivity index (χ2n) is 3.36. The molecule has 16 heavy (non-hydrogen) atoms. The van der Waals surface area contributed by atoms with Crippen LogP contribution in [0.25, 0.3) is 0 Å². The number of hydrogen-bond donors (Lipinski definition) is 2. The highest BCUT2D eigenvalue weighted by Crippen LogP contribution is 2.27. The topological polar surface area (TPSA) is 53.0 Å². The lowest BCUT2D eigenvalue weighted by atomic mass is 10.1. The first kappa shape index (κ1) is 11.8. The van der Waals surface area contributed by atoms with Crippen molar-refractivity contribution in [2.45, 2.75) is 11.7 Å². The molecule has 1 atom stereocenters. The molecule has 1 aromatic rings. The zero-order valence-corrected chi connectivity index (χ0v) is 10.4. The number of benzene rings is 1. The van der Waals surface area contributed by atoms with Crippen LogP contribution in [0.15, 0.2) is 18.2 Å². The molecule has 0 spiro atoms. The average molecular weight is 275 g/mol. The van der Waals surface area contributed by atoms with E-state index in [0.29, 0.717) is 16.5 Å². The smallest absolute Gasteiger partial charge is 0.239 e. The fraction of sp³-hybridized carbons (Fsp3) is 0.200. The van der Waals surface area contributed by atoms with Crippen LogP contribution in [0.2, 0.25) is 10.0 Å². The first-order valence-electron chi connectivity index (χ1n) is 4.56. The zero-order chi connectivity index (χ0) is 11.7. The summed E-state index contributed by atoms with van der Waals surface area (Å²) in [6.45, 7) is 0. The van der Waals surface area contributed by atoms with Crippen LogP contribution >= 0.6 is 35.0 Å². The molecule has 0 bridgehead atoms. The number of rotatable bonds is 2. The Morgan fingerprint density at radius 3 is 2.81 bits per heavy atom. The van der Waals surface area contributed by atoms with Crippen LogP contribution in [0, 0.1) is 5.41 Å². The van der Waals surface area contributed by atoms with Gasteiger partial charge in [0.2, 0.25) is 5.91 Å². The minimum Gasteiger partial charge on any atom is -0.305 e. The van der Waals surface area contributed by atoms with Gasteiger partial charge in [-0.15, -0.1) is 0 Å². The second-order valence-corrected chi connectivity index (χ2v) is 5.42. The molecular weight excluding hydrogens is 267 g/mol. The summed E-state index contributed by atoms with van der Waals surface area (Å²) in [5.41, 5.74) is 0.830. The van der Waals surface area contributed by atoms with Crippen molar-refractivity contribution in [1.82, 2.24) is 5.32 Å². The predicted octanol–water partition coefficient (Wildman–Crippen LogP) is 2.70. The van der Waals surface area contributed by atoms with Gasteiger partial charge in [0.25, 0.3) is 0 Å². The summed E-state index contributed by atoms with van der Waals surface area (Å²) in [5.74, 6) is -0.147. The lowest BCUT2D eigenvalue weighted by molar-refractivity contribution is -0.118. The van der Waals surface area contributed by atoms with Gasteiger partial charge in [-0.2, -0.15) is 0 Å². The summed E-state index contributed by atoms with van der Waals surface area (Å²) in [7, 11) is 0. The van der Waals surface area contributed by atoms with Gasteiger partial charge in [-0.25, -0.2) is 0 Å². The Morgan fingerprint density at radius 1 is 1.44 bits per heavy atom. The highest BCUT2D eigenvalue weighted by atomic mass is 35.5. The zero-order valence-electron chi connectivity index (χ0n) is 8.09. The average Bonchev–Trinajstić information content (AvgIpc) is 2.51. The summed E-state index contributed by atoms with van der Waals surface area (Å²) in [4.78, 5) is 11.4. The van der Waals surface area contributed by atoms with Gasteiger partial charge in [0, 0.05) is 10.0 Å². The summed E-state index contributed by atoms with van der Waals surface area (Å²) >= 11 is 13.1. The van der Waals surface area contributed by atoms with Gasteiger partial charge >= 0.3 is 0 Å². The molecule has 1 fully saturated rings. The third-order valence-electron chi connectivity index (χ3n) is 2.20. The molecule has 6 heteroatoms. The third-order valence-corrected chi connectivity index (χ3v) is 3.81. The number of thioether (sulfide) groups is 1. The van der Waals surface area contributed by atoms with Crippen LogP contribution in [0.3, 0.4) is 0 Å². The molecule has 1 amide bonds. The highest BCUT2D eigenvalue weighted by molar-refractivity contribution is 8.15. The van der Waals surface area contributed by atoms with E-state index in [0.717, 1.165) is 5.56 Å². The molecular formula is C10H8Cl2N2OS. The number of amides is 1. The number of nitrogens with one attached hydrogen (secondary N) is 2. The number of halogens is 2. The molecule has 0 radical (unpaired) electrons. The Bertz CT molecular complexity index is 464. The Morgan fingerprint density at radius 2 is 2.19 bits per heavy atom. The van der Waals surface area contributed by atoms with E-state index in [9.17, 15) is 4.79 Å². The second kappa shape index (κ2) is 4.65. The van der Waals surface area contributed by atoms with Crippen LogP contribution in [0.1, 0.15) is 5.56 Å². The summed E-state index contributed by atoms with van der Waals surface area (Å²) in [6, 6.07) is 5.17. The van der Waals surface area contributed by atoms with E-state index in [1.165, 1.54) is 11.8 Å². The molecule has 0 aliphatic carbocycles. The molecule has 2 rings (SSSR count). The number of hydrogen-bond acceptors (Lipinski definition) is 3. The minimum atomic E-state index is -0.288.